The standard InChI is InChI=1S/C10H9ClN6O/c1-5-7(9-13-2-3-18-9)15-10(12)17-8(5)14-6(4-11)16-17/h2-3H,4H2,1H3,(H2,12,15). The molecule has 7 nitrogen and oxygen atoms in total. The number of hydrogen-bond acceptors (Lipinski definition) is 6. The molecule has 18 heavy (non-hydrogen) atoms. The SMILES string of the molecule is Cc1c(-c2ncco2)nc(N)n2nc(CCl)nc12. The minimum absolute atomic E-state index is 0.215. The van der Waals surface area contributed by atoms with Crippen LogP contribution in [0, 0.1) is 6.92 Å². The summed E-state index contributed by atoms with van der Waals surface area (Å²) in [6, 6.07) is 0. The molecule has 3 rings (SSSR count). The molecule has 0 spiro atoms. The summed E-state index contributed by atoms with van der Waals surface area (Å²) < 4.78 is 6.68. The lowest BCUT2D eigenvalue weighted by Crippen LogP contribution is -2.05. The van der Waals surface area contributed by atoms with E-state index in [9.17, 15) is 0 Å². The highest BCUT2D eigenvalue weighted by atomic mass is 35.5. The fourth-order valence-electron chi connectivity index (χ4n) is 1.71. The molecule has 0 fully saturated rings. The van der Waals surface area contributed by atoms with Gasteiger partial charge in [-0.25, -0.2) is 15.0 Å². The smallest absolute Gasteiger partial charge is 0.245 e. The molecule has 0 unspecified atom stereocenters. The van der Waals surface area contributed by atoms with E-state index in [1.54, 1.807) is 6.20 Å². The molecule has 0 saturated heterocycles. The molecule has 0 saturated carbocycles. The van der Waals surface area contributed by atoms with E-state index in [0.29, 0.717) is 23.1 Å². The molecule has 0 atom stereocenters. The number of hydrogen-bond donors (Lipinski definition) is 1. The lowest BCUT2D eigenvalue weighted by Gasteiger charge is -2.04. The molecule has 92 valence electrons. The first kappa shape index (κ1) is 11.0. The van der Waals surface area contributed by atoms with Crippen molar-refractivity contribution < 1.29 is 4.42 Å². The van der Waals surface area contributed by atoms with Gasteiger partial charge < -0.3 is 10.2 Å². The third kappa shape index (κ3) is 1.52. The third-order valence-corrected chi connectivity index (χ3v) is 2.78. The van der Waals surface area contributed by atoms with Crippen LogP contribution in [-0.2, 0) is 5.88 Å². The summed E-state index contributed by atoms with van der Waals surface area (Å²) in [5.74, 6) is 1.33. The Bertz CT molecular complexity index is 705. The van der Waals surface area contributed by atoms with Crippen molar-refractivity contribution in [1.82, 2.24) is 24.6 Å². The zero-order valence-corrected chi connectivity index (χ0v) is 10.2. The van der Waals surface area contributed by atoms with Gasteiger partial charge >= 0.3 is 0 Å². The van der Waals surface area contributed by atoms with Gasteiger partial charge in [0.25, 0.3) is 0 Å². The molecule has 0 bridgehead atoms. The lowest BCUT2D eigenvalue weighted by molar-refractivity contribution is 0.571. The molecule has 0 aliphatic carbocycles. The minimum Gasteiger partial charge on any atom is -0.443 e. The van der Waals surface area contributed by atoms with Gasteiger partial charge in [-0.05, 0) is 6.92 Å². The van der Waals surface area contributed by atoms with Crippen molar-refractivity contribution in [2.75, 3.05) is 5.73 Å². The van der Waals surface area contributed by atoms with Gasteiger partial charge in [-0.1, -0.05) is 0 Å². The molecule has 3 aromatic rings. The monoisotopic (exact) mass is 264 g/mol. The van der Waals surface area contributed by atoms with E-state index in [1.165, 1.54) is 10.8 Å². The minimum atomic E-state index is 0.215. The highest BCUT2D eigenvalue weighted by Crippen LogP contribution is 2.24. The van der Waals surface area contributed by atoms with Crippen molar-refractivity contribution >= 4 is 23.2 Å². The first-order valence-corrected chi connectivity index (χ1v) is 5.71. The molecule has 0 amide bonds. The molecule has 3 aromatic heterocycles. The van der Waals surface area contributed by atoms with Crippen LogP contribution in [0.3, 0.4) is 0 Å². The van der Waals surface area contributed by atoms with Gasteiger partial charge in [0.1, 0.15) is 12.0 Å². The molecule has 0 aliphatic rings. The van der Waals surface area contributed by atoms with Gasteiger partial charge in [0.15, 0.2) is 11.5 Å². The summed E-state index contributed by atoms with van der Waals surface area (Å²) in [4.78, 5) is 12.6. The van der Waals surface area contributed by atoms with E-state index in [-0.39, 0.29) is 11.8 Å². The lowest BCUT2D eigenvalue weighted by atomic mass is 10.2. The van der Waals surface area contributed by atoms with E-state index in [1.807, 2.05) is 6.92 Å². The Hall–Kier alpha value is -2.15. The van der Waals surface area contributed by atoms with E-state index >= 15 is 0 Å². The van der Waals surface area contributed by atoms with Crippen molar-refractivity contribution in [3.05, 3.63) is 23.8 Å². The number of nitrogen functional groups attached to an aromatic ring is 1. The third-order valence-electron chi connectivity index (χ3n) is 2.54. The van der Waals surface area contributed by atoms with Crippen LogP contribution in [0.15, 0.2) is 16.9 Å². The number of oxazole rings is 1. The normalized spacial score (nSPS) is 11.2. The Kier molecular flexibility index (Phi) is 2.41. The summed E-state index contributed by atoms with van der Waals surface area (Å²) in [5.41, 5.74) is 7.78. The maximum absolute atomic E-state index is 5.84. The maximum Gasteiger partial charge on any atom is 0.245 e. The number of aryl methyl sites for hydroxylation is 1. The van der Waals surface area contributed by atoms with Gasteiger partial charge in [-0.3, -0.25) is 0 Å². The summed E-state index contributed by atoms with van der Waals surface area (Å²) in [6.07, 6.45) is 3.02. The van der Waals surface area contributed by atoms with E-state index in [2.05, 4.69) is 20.1 Å². The predicted molar refractivity (Wildman–Crippen MR) is 65.0 cm³/mol. The van der Waals surface area contributed by atoms with Crippen molar-refractivity contribution in [2.24, 2.45) is 0 Å². The second-order valence-corrected chi connectivity index (χ2v) is 3.95. The Labute approximate surface area is 107 Å². The molecule has 3 heterocycles. The van der Waals surface area contributed by atoms with Crippen LogP contribution in [-0.4, -0.2) is 24.6 Å². The van der Waals surface area contributed by atoms with Gasteiger partial charge in [0, 0.05) is 5.56 Å². The van der Waals surface area contributed by atoms with Gasteiger partial charge in [0.05, 0.1) is 12.1 Å². The van der Waals surface area contributed by atoms with Gasteiger partial charge in [-0.2, -0.15) is 4.52 Å². The van der Waals surface area contributed by atoms with Gasteiger partial charge in [-0.15, -0.1) is 16.7 Å². The van der Waals surface area contributed by atoms with E-state index in [4.69, 9.17) is 21.8 Å². The van der Waals surface area contributed by atoms with Crippen molar-refractivity contribution in [1.29, 1.82) is 0 Å². The van der Waals surface area contributed by atoms with Crippen LogP contribution < -0.4 is 5.73 Å². The molecule has 8 heteroatoms. The zero-order chi connectivity index (χ0) is 12.7. The molecule has 0 aliphatic heterocycles. The van der Waals surface area contributed by atoms with Crippen molar-refractivity contribution in [3.8, 4) is 11.6 Å². The van der Waals surface area contributed by atoms with Crippen molar-refractivity contribution in [3.63, 3.8) is 0 Å². The first-order chi connectivity index (χ1) is 8.70. The Morgan fingerprint density at radius 3 is 2.94 bits per heavy atom. The highest BCUT2D eigenvalue weighted by molar-refractivity contribution is 6.16. The zero-order valence-electron chi connectivity index (χ0n) is 9.46. The average Bonchev–Trinajstić information content (AvgIpc) is 3.01. The number of nitrogens with two attached hydrogens (primary N) is 1. The first-order valence-electron chi connectivity index (χ1n) is 5.18. The van der Waals surface area contributed by atoms with Crippen LogP contribution in [0.2, 0.25) is 0 Å². The highest BCUT2D eigenvalue weighted by Gasteiger charge is 2.17. The Balaban J connectivity index is 2.32. The van der Waals surface area contributed by atoms with E-state index in [0.717, 1.165) is 5.56 Å². The molecular weight excluding hydrogens is 256 g/mol. The topological polar surface area (TPSA) is 95.1 Å². The van der Waals surface area contributed by atoms with Gasteiger partial charge in [0.2, 0.25) is 11.8 Å². The molecule has 0 aromatic carbocycles. The fourth-order valence-corrected chi connectivity index (χ4v) is 1.83. The second-order valence-electron chi connectivity index (χ2n) is 3.68. The quantitative estimate of drug-likeness (QED) is 0.703. The number of nitrogens with zero attached hydrogens (tertiary/aromatic N) is 5. The van der Waals surface area contributed by atoms with Crippen LogP contribution >= 0.6 is 11.6 Å². The summed E-state index contributed by atoms with van der Waals surface area (Å²) in [7, 11) is 0. The second kappa shape index (κ2) is 3.95. The summed E-state index contributed by atoms with van der Waals surface area (Å²) in [5, 5.41) is 4.15. The number of anilines is 1. The van der Waals surface area contributed by atoms with Crippen LogP contribution in [0.4, 0.5) is 5.95 Å². The van der Waals surface area contributed by atoms with E-state index < -0.39 is 0 Å². The fraction of sp³-hybridized carbons (Fsp3) is 0.200. The Morgan fingerprint density at radius 2 is 2.28 bits per heavy atom. The maximum atomic E-state index is 5.84. The number of halogens is 1. The average molecular weight is 265 g/mol. The molecular formula is C10H9ClN6O. The molecule has 2 N–H and O–H groups in total. The van der Waals surface area contributed by atoms with Crippen LogP contribution in [0.1, 0.15) is 11.4 Å². The summed E-state index contributed by atoms with van der Waals surface area (Å²) in [6.45, 7) is 1.86. The number of rotatable bonds is 2. The number of aromatic nitrogens is 5. The summed E-state index contributed by atoms with van der Waals surface area (Å²) >= 11 is 5.71. The van der Waals surface area contributed by atoms with Crippen LogP contribution in [0.25, 0.3) is 17.2 Å². The van der Waals surface area contributed by atoms with Crippen molar-refractivity contribution in [2.45, 2.75) is 12.8 Å². The Morgan fingerprint density at radius 1 is 1.44 bits per heavy atom. The number of fused-ring (bicyclic) bond motifs is 1. The molecule has 0 radical (unpaired) electrons. The number of alkyl halides is 1. The largest absolute Gasteiger partial charge is 0.443 e. The van der Waals surface area contributed by atoms with Crippen LogP contribution in [0.5, 0.6) is 0 Å². The predicted octanol–water partition coefficient (Wildman–Crippen LogP) is 1.41.